The van der Waals surface area contributed by atoms with Gasteiger partial charge in [0.15, 0.2) is 0 Å². The number of halogens is 3. The second-order valence-corrected chi connectivity index (χ2v) is 6.22. The number of hydrogen-bond donors (Lipinski definition) is 0. The van der Waals surface area contributed by atoms with Crippen LogP contribution in [0.25, 0.3) is 0 Å². The summed E-state index contributed by atoms with van der Waals surface area (Å²) in [6, 6.07) is 11.3. The van der Waals surface area contributed by atoms with E-state index in [-0.39, 0.29) is 5.82 Å². The Balaban J connectivity index is 1.58. The molecule has 2 aromatic rings. The number of anilines is 1. The molecular formula is C18H21F3N4. The van der Waals surface area contributed by atoms with Crippen molar-refractivity contribution < 1.29 is 13.2 Å². The van der Waals surface area contributed by atoms with Crippen LogP contribution in [0.15, 0.2) is 36.4 Å². The summed E-state index contributed by atoms with van der Waals surface area (Å²) in [7, 11) is 0. The number of piperazine rings is 1. The number of aromatic nitrogens is 2. The smallest absolute Gasteiger partial charge is 0.354 e. The summed E-state index contributed by atoms with van der Waals surface area (Å²) < 4.78 is 38.8. The summed E-state index contributed by atoms with van der Waals surface area (Å²) in [5.74, 6) is 0.513. The van der Waals surface area contributed by atoms with E-state index < -0.39 is 11.9 Å². The lowest BCUT2D eigenvalue weighted by Gasteiger charge is -2.35. The monoisotopic (exact) mass is 350 g/mol. The number of aryl methyl sites for hydroxylation is 1. The van der Waals surface area contributed by atoms with Gasteiger partial charge in [0.2, 0.25) is 0 Å². The Morgan fingerprint density at radius 2 is 1.68 bits per heavy atom. The largest absolute Gasteiger partial charge is 0.433 e. The normalized spacial score (nSPS) is 16.2. The SMILES string of the molecule is Cc1nc(N2CCN(CCc3ccccc3)CC2)cc(C(F)(F)F)n1. The molecule has 0 N–H and O–H groups in total. The molecule has 1 aromatic carbocycles. The van der Waals surface area contributed by atoms with E-state index >= 15 is 0 Å². The van der Waals surface area contributed by atoms with E-state index in [4.69, 9.17) is 0 Å². The van der Waals surface area contributed by atoms with E-state index in [0.29, 0.717) is 18.9 Å². The second-order valence-electron chi connectivity index (χ2n) is 6.22. The minimum atomic E-state index is -4.44. The third-order valence-electron chi connectivity index (χ3n) is 4.37. The number of nitrogens with zero attached hydrogens (tertiary/aromatic N) is 4. The van der Waals surface area contributed by atoms with Gasteiger partial charge in [-0.25, -0.2) is 9.97 Å². The van der Waals surface area contributed by atoms with E-state index in [1.807, 2.05) is 23.1 Å². The van der Waals surface area contributed by atoms with Gasteiger partial charge < -0.3 is 4.90 Å². The van der Waals surface area contributed by atoms with Gasteiger partial charge in [-0.15, -0.1) is 0 Å². The molecule has 1 aromatic heterocycles. The first-order valence-corrected chi connectivity index (χ1v) is 8.36. The van der Waals surface area contributed by atoms with Gasteiger partial charge in [-0.05, 0) is 18.9 Å². The minimum Gasteiger partial charge on any atom is -0.354 e. The molecule has 1 fully saturated rings. The average Bonchev–Trinajstić information content (AvgIpc) is 2.60. The molecule has 1 aliphatic heterocycles. The Bertz CT molecular complexity index is 695. The fourth-order valence-electron chi connectivity index (χ4n) is 2.99. The average molecular weight is 350 g/mol. The molecule has 0 spiro atoms. The van der Waals surface area contributed by atoms with Crippen LogP contribution in [-0.2, 0) is 12.6 Å². The molecule has 134 valence electrons. The van der Waals surface area contributed by atoms with Crippen molar-refractivity contribution in [1.82, 2.24) is 14.9 Å². The molecule has 0 radical (unpaired) electrons. The lowest BCUT2D eigenvalue weighted by molar-refractivity contribution is -0.141. The van der Waals surface area contributed by atoms with Crippen LogP contribution >= 0.6 is 0 Å². The molecule has 7 heteroatoms. The summed E-state index contributed by atoms with van der Waals surface area (Å²) in [5, 5.41) is 0. The van der Waals surface area contributed by atoms with Crippen molar-refractivity contribution in [3.63, 3.8) is 0 Å². The van der Waals surface area contributed by atoms with Gasteiger partial charge in [-0.1, -0.05) is 30.3 Å². The van der Waals surface area contributed by atoms with Crippen LogP contribution in [0.2, 0.25) is 0 Å². The topological polar surface area (TPSA) is 32.3 Å². The predicted octanol–water partition coefficient (Wildman–Crippen LogP) is 3.17. The van der Waals surface area contributed by atoms with E-state index in [9.17, 15) is 13.2 Å². The van der Waals surface area contributed by atoms with Crippen LogP contribution < -0.4 is 4.90 Å². The Morgan fingerprint density at radius 3 is 2.32 bits per heavy atom. The number of hydrogen-bond acceptors (Lipinski definition) is 4. The zero-order valence-electron chi connectivity index (χ0n) is 14.1. The van der Waals surface area contributed by atoms with Gasteiger partial charge in [0.05, 0.1) is 0 Å². The van der Waals surface area contributed by atoms with E-state index in [1.54, 1.807) is 0 Å². The van der Waals surface area contributed by atoms with Gasteiger partial charge in [0.1, 0.15) is 17.3 Å². The fraction of sp³-hybridized carbons (Fsp3) is 0.444. The number of benzene rings is 1. The quantitative estimate of drug-likeness (QED) is 0.848. The van der Waals surface area contributed by atoms with Crippen molar-refractivity contribution >= 4 is 5.82 Å². The predicted molar refractivity (Wildman–Crippen MR) is 90.6 cm³/mol. The highest BCUT2D eigenvalue weighted by atomic mass is 19.4. The van der Waals surface area contributed by atoms with Crippen LogP contribution in [-0.4, -0.2) is 47.6 Å². The van der Waals surface area contributed by atoms with Gasteiger partial charge in [0.25, 0.3) is 0 Å². The molecule has 25 heavy (non-hydrogen) atoms. The molecule has 0 atom stereocenters. The third kappa shape index (κ3) is 4.69. The Hall–Kier alpha value is -2.15. The molecule has 0 unspecified atom stereocenters. The summed E-state index contributed by atoms with van der Waals surface area (Å²) in [6.45, 7) is 5.42. The lowest BCUT2D eigenvalue weighted by Crippen LogP contribution is -2.47. The molecule has 0 saturated carbocycles. The highest BCUT2D eigenvalue weighted by Crippen LogP contribution is 2.29. The second kappa shape index (κ2) is 7.39. The summed E-state index contributed by atoms with van der Waals surface area (Å²) in [5.41, 5.74) is 0.424. The van der Waals surface area contributed by atoms with Crippen LogP contribution in [0, 0.1) is 6.92 Å². The van der Waals surface area contributed by atoms with Crippen LogP contribution in [0.3, 0.4) is 0 Å². The summed E-state index contributed by atoms with van der Waals surface area (Å²) >= 11 is 0. The van der Waals surface area contributed by atoms with Crippen molar-refractivity contribution in [2.45, 2.75) is 19.5 Å². The van der Waals surface area contributed by atoms with Gasteiger partial charge in [-0.2, -0.15) is 13.2 Å². The zero-order valence-corrected chi connectivity index (χ0v) is 14.1. The Morgan fingerprint density at radius 1 is 1.00 bits per heavy atom. The lowest BCUT2D eigenvalue weighted by atomic mass is 10.1. The van der Waals surface area contributed by atoms with Crippen LogP contribution in [0.5, 0.6) is 0 Å². The third-order valence-corrected chi connectivity index (χ3v) is 4.37. The summed E-state index contributed by atoms with van der Waals surface area (Å²) in [6.07, 6.45) is -3.47. The number of alkyl halides is 3. The van der Waals surface area contributed by atoms with E-state index in [2.05, 4.69) is 27.0 Å². The molecule has 0 bridgehead atoms. The Labute approximate surface area is 145 Å². The molecule has 4 nitrogen and oxygen atoms in total. The molecule has 3 rings (SSSR count). The van der Waals surface area contributed by atoms with Crippen LogP contribution in [0.1, 0.15) is 17.1 Å². The zero-order chi connectivity index (χ0) is 17.9. The molecule has 0 aliphatic carbocycles. The highest BCUT2D eigenvalue weighted by molar-refractivity contribution is 5.41. The first-order valence-electron chi connectivity index (χ1n) is 8.36. The maximum absolute atomic E-state index is 12.9. The molecular weight excluding hydrogens is 329 g/mol. The minimum absolute atomic E-state index is 0.149. The summed E-state index contributed by atoms with van der Waals surface area (Å²) in [4.78, 5) is 11.9. The van der Waals surface area contributed by atoms with Gasteiger partial charge >= 0.3 is 6.18 Å². The number of rotatable bonds is 4. The molecule has 1 aliphatic rings. The molecule has 0 amide bonds. The van der Waals surface area contributed by atoms with E-state index in [1.165, 1.54) is 12.5 Å². The van der Waals surface area contributed by atoms with Crippen molar-refractivity contribution in [3.05, 3.63) is 53.5 Å². The fourth-order valence-corrected chi connectivity index (χ4v) is 2.99. The Kier molecular flexibility index (Phi) is 5.22. The van der Waals surface area contributed by atoms with Crippen molar-refractivity contribution in [2.75, 3.05) is 37.6 Å². The van der Waals surface area contributed by atoms with Crippen molar-refractivity contribution in [1.29, 1.82) is 0 Å². The highest BCUT2D eigenvalue weighted by Gasteiger charge is 2.34. The van der Waals surface area contributed by atoms with Crippen molar-refractivity contribution in [3.8, 4) is 0 Å². The standard InChI is InChI=1S/C18H21F3N4/c1-14-22-16(18(19,20)21)13-17(23-14)25-11-9-24(10-12-25)8-7-15-5-3-2-4-6-15/h2-6,13H,7-12H2,1H3. The van der Waals surface area contributed by atoms with Crippen molar-refractivity contribution in [2.24, 2.45) is 0 Å². The first kappa shape index (κ1) is 17.7. The van der Waals surface area contributed by atoms with Gasteiger partial charge in [-0.3, -0.25) is 4.90 Å². The first-order chi connectivity index (χ1) is 11.9. The van der Waals surface area contributed by atoms with Gasteiger partial charge in [0, 0.05) is 38.8 Å². The maximum Gasteiger partial charge on any atom is 0.433 e. The maximum atomic E-state index is 12.9. The van der Waals surface area contributed by atoms with E-state index in [0.717, 1.165) is 32.1 Å². The van der Waals surface area contributed by atoms with Crippen LogP contribution in [0.4, 0.5) is 19.0 Å². The molecule has 1 saturated heterocycles. The molecule has 2 heterocycles.